The van der Waals surface area contributed by atoms with Crippen molar-refractivity contribution in [1.82, 2.24) is 15.5 Å². The fraction of sp³-hybridized carbons (Fsp3) is 0.500. The summed E-state index contributed by atoms with van der Waals surface area (Å²) in [6.45, 7) is 0. The van der Waals surface area contributed by atoms with Crippen molar-refractivity contribution in [3.63, 3.8) is 0 Å². The van der Waals surface area contributed by atoms with Gasteiger partial charge < -0.3 is 10.1 Å². The molecule has 1 aromatic carbocycles. The van der Waals surface area contributed by atoms with Gasteiger partial charge in [0, 0.05) is 6.04 Å². The molecule has 0 spiro atoms. The van der Waals surface area contributed by atoms with Gasteiger partial charge in [0.25, 0.3) is 17.5 Å². The number of rotatable bonds is 4. The number of benzene rings is 1. The lowest BCUT2D eigenvalue weighted by atomic mass is 9.94. The number of hydrogen-bond acceptors (Lipinski definition) is 4. The number of amides is 4. The Hall–Kier alpha value is -2.78. The number of alkyl halides is 3. The minimum Gasteiger partial charge on any atom is -0.496 e. The molecule has 7 nitrogen and oxygen atoms in total. The fourth-order valence-corrected chi connectivity index (χ4v) is 3.64. The third-order valence-corrected chi connectivity index (χ3v) is 5.07. The third-order valence-electron chi connectivity index (χ3n) is 5.07. The Bertz CT molecular complexity index is 793. The van der Waals surface area contributed by atoms with Crippen LogP contribution in [-0.2, 0) is 4.79 Å². The first kappa shape index (κ1) is 20.0. The highest BCUT2D eigenvalue weighted by molar-refractivity contribution is 6.10. The second-order valence-electron chi connectivity index (χ2n) is 6.80. The van der Waals surface area contributed by atoms with Crippen molar-refractivity contribution in [3.8, 4) is 5.75 Å². The van der Waals surface area contributed by atoms with Crippen LogP contribution in [-0.4, -0.2) is 47.7 Å². The maximum absolute atomic E-state index is 13.9. The van der Waals surface area contributed by atoms with Gasteiger partial charge in [0.1, 0.15) is 5.75 Å². The molecule has 0 bridgehead atoms. The Kier molecular flexibility index (Phi) is 5.22. The van der Waals surface area contributed by atoms with E-state index in [9.17, 15) is 27.6 Å². The smallest absolute Gasteiger partial charge is 0.440 e. The van der Waals surface area contributed by atoms with Crippen molar-refractivity contribution in [2.45, 2.75) is 50.0 Å². The molecule has 3 rings (SSSR count). The average molecular weight is 399 g/mol. The number of methoxy groups -OCH3 is 1. The third kappa shape index (κ3) is 3.27. The van der Waals surface area contributed by atoms with Crippen LogP contribution in [0.15, 0.2) is 24.3 Å². The summed E-state index contributed by atoms with van der Waals surface area (Å²) in [6, 6.07) is 3.88. The van der Waals surface area contributed by atoms with Crippen molar-refractivity contribution < 1.29 is 32.3 Å². The number of carbonyl (C=O) groups is 3. The van der Waals surface area contributed by atoms with Crippen LogP contribution in [0.4, 0.5) is 18.0 Å². The zero-order valence-electron chi connectivity index (χ0n) is 15.1. The summed E-state index contributed by atoms with van der Waals surface area (Å²) in [5.74, 6) is -2.66. The summed E-state index contributed by atoms with van der Waals surface area (Å²) in [4.78, 5) is 38.2. The van der Waals surface area contributed by atoms with E-state index in [1.807, 2.05) is 0 Å². The molecular formula is C18H20F3N3O4. The summed E-state index contributed by atoms with van der Waals surface area (Å²) in [5, 5.41) is 3.39. The normalized spacial score (nSPS) is 23.5. The van der Waals surface area contributed by atoms with E-state index in [0.717, 1.165) is 6.42 Å². The second-order valence-corrected chi connectivity index (χ2v) is 6.80. The van der Waals surface area contributed by atoms with Gasteiger partial charge in [0.2, 0.25) is 0 Å². The Balaban J connectivity index is 1.95. The number of halogens is 3. The van der Waals surface area contributed by atoms with Crippen molar-refractivity contribution in [2.75, 3.05) is 7.11 Å². The molecule has 1 saturated heterocycles. The molecule has 1 aliphatic carbocycles. The number of urea groups is 1. The number of ether oxygens (including phenoxy) is 1. The minimum atomic E-state index is -5.24. The Morgan fingerprint density at radius 3 is 2.46 bits per heavy atom. The Morgan fingerprint density at radius 1 is 1.21 bits per heavy atom. The predicted molar refractivity (Wildman–Crippen MR) is 91.5 cm³/mol. The zero-order valence-corrected chi connectivity index (χ0v) is 15.1. The highest BCUT2D eigenvalue weighted by Gasteiger charge is 2.69. The summed E-state index contributed by atoms with van der Waals surface area (Å²) >= 11 is 0. The Morgan fingerprint density at radius 2 is 1.86 bits per heavy atom. The van der Waals surface area contributed by atoms with Crippen molar-refractivity contribution >= 4 is 17.8 Å². The molecule has 0 aromatic heterocycles. The molecule has 1 saturated carbocycles. The van der Waals surface area contributed by atoms with Crippen molar-refractivity contribution in [2.24, 2.45) is 0 Å². The van der Waals surface area contributed by atoms with Crippen LogP contribution in [0.2, 0.25) is 0 Å². The van der Waals surface area contributed by atoms with Gasteiger partial charge in [-0.05, 0) is 25.0 Å². The van der Waals surface area contributed by atoms with Crippen LogP contribution < -0.4 is 15.4 Å². The van der Waals surface area contributed by atoms with Crippen LogP contribution in [0, 0.1) is 0 Å². The first-order valence-corrected chi connectivity index (χ1v) is 8.89. The van der Waals surface area contributed by atoms with Crippen LogP contribution in [0.3, 0.4) is 0 Å². The van der Waals surface area contributed by atoms with Crippen LogP contribution in [0.25, 0.3) is 0 Å². The van der Waals surface area contributed by atoms with E-state index in [0.29, 0.717) is 30.6 Å². The molecule has 4 amide bonds. The quantitative estimate of drug-likeness (QED) is 0.762. The standard InChI is InChI=1S/C18H20F3N3O4/c1-28-13-10-6-5-9-12(13)14(25)22-17(18(19,20)21)15(26)24(16(27)23-17)11-7-3-2-4-8-11/h5-6,9-11H,2-4,7-8H2,1H3,(H,22,25)(H,23,27)/t17-/m1/s1. The number of imide groups is 1. The number of nitrogens with one attached hydrogen (secondary N) is 2. The van der Waals surface area contributed by atoms with Crippen molar-refractivity contribution in [3.05, 3.63) is 29.8 Å². The molecule has 1 atom stereocenters. The van der Waals surface area contributed by atoms with Crippen molar-refractivity contribution in [1.29, 1.82) is 0 Å². The lowest BCUT2D eigenvalue weighted by Crippen LogP contribution is -2.69. The molecule has 0 unspecified atom stereocenters. The van der Waals surface area contributed by atoms with E-state index >= 15 is 0 Å². The van der Waals surface area contributed by atoms with Gasteiger partial charge in [-0.3, -0.25) is 19.8 Å². The lowest BCUT2D eigenvalue weighted by molar-refractivity contribution is -0.200. The van der Waals surface area contributed by atoms with Crippen LogP contribution in [0.5, 0.6) is 5.75 Å². The van der Waals surface area contributed by atoms with E-state index in [1.54, 1.807) is 16.7 Å². The Labute approximate surface area is 159 Å². The maximum Gasteiger partial charge on any atom is 0.440 e. The fourth-order valence-electron chi connectivity index (χ4n) is 3.64. The monoisotopic (exact) mass is 399 g/mol. The molecule has 2 N–H and O–H groups in total. The molecule has 2 fully saturated rings. The predicted octanol–water partition coefficient (Wildman–Crippen LogP) is 2.57. The SMILES string of the molecule is COc1ccccc1C(=O)N[C@@]1(C(F)(F)F)NC(=O)N(C2CCCCC2)C1=O. The van der Waals surface area contributed by atoms with Gasteiger partial charge in [-0.2, -0.15) is 13.2 Å². The minimum absolute atomic E-state index is 0.0400. The van der Waals surface area contributed by atoms with Gasteiger partial charge in [0.05, 0.1) is 12.7 Å². The molecule has 2 aliphatic rings. The largest absolute Gasteiger partial charge is 0.496 e. The first-order chi connectivity index (χ1) is 13.2. The highest BCUT2D eigenvalue weighted by atomic mass is 19.4. The molecule has 28 heavy (non-hydrogen) atoms. The molecule has 1 heterocycles. The average Bonchev–Trinajstić information content (AvgIpc) is 2.93. The zero-order chi connectivity index (χ0) is 20.5. The molecule has 152 valence electrons. The van der Waals surface area contributed by atoms with Gasteiger partial charge in [-0.1, -0.05) is 31.4 Å². The number of hydrogen-bond donors (Lipinski definition) is 2. The van der Waals surface area contributed by atoms with E-state index in [1.165, 1.54) is 25.3 Å². The number of para-hydroxylation sites is 1. The molecule has 0 radical (unpaired) electrons. The molecule has 1 aromatic rings. The van der Waals surface area contributed by atoms with E-state index in [2.05, 4.69) is 0 Å². The maximum atomic E-state index is 13.9. The van der Waals surface area contributed by atoms with Gasteiger partial charge in [-0.25, -0.2) is 4.79 Å². The van der Waals surface area contributed by atoms with Gasteiger partial charge in [0.15, 0.2) is 0 Å². The summed E-state index contributed by atoms with van der Waals surface area (Å²) < 4.78 is 46.8. The molecule has 10 heteroatoms. The van der Waals surface area contributed by atoms with Gasteiger partial charge in [-0.15, -0.1) is 0 Å². The topological polar surface area (TPSA) is 87.7 Å². The van der Waals surface area contributed by atoms with Crippen LogP contribution >= 0.6 is 0 Å². The van der Waals surface area contributed by atoms with Crippen LogP contribution in [0.1, 0.15) is 42.5 Å². The van der Waals surface area contributed by atoms with E-state index < -0.39 is 35.7 Å². The first-order valence-electron chi connectivity index (χ1n) is 8.89. The summed E-state index contributed by atoms with van der Waals surface area (Å²) in [5.41, 5.74) is -3.70. The lowest BCUT2D eigenvalue weighted by Gasteiger charge is -2.32. The number of nitrogens with zero attached hydrogens (tertiary/aromatic N) is 1. The van der Waals surface area contributed by atoms with E-state index in [4.69, 9.17) is 4.74 Å². The second kappa shape index (κ2) is 7.33. The number of carbonyl (C=O) groups excluding carboxylic acids is 3. The molecule has 1 aliphatic heterocycles. The summed E-state index contributed by atoms with van der Waals surface area (Å²) in [6.07, 6.45) is -2.03. The highest BCUT2D eigenvalue weighted by Crippen LogP contribution is 2.37. The molecular weight excluding hydrogens is 379 g/mol. The van der Waals surface area contributed by atoms with Gasteiger partial charge >= 0.3 is 12.2 Å². The summed E-state index contributed by atoms with van der Waals surface area (Å²) in [7, 11) is 1.26. The van der Waals surface area contributed by atoms with E-state index in [-0.39, 0.29) is 11.3 Å².